The molecule has 24 heavy (non-hydrogen) atoms. The van der Waals surface area contributed by atoms with E-state index in [1.807, 2.05) is 56.3 Å². The van der Waals surface area contributed by atoms with E-state index in [1.54, 1.807) is 11.9 Å². The van der Waals surface area contributed by atoms with Crippen molar-refractivity contribution < 1.29 is 9.90 Å². The standard InChI is InChI=1S/C20H22N2O2/c1-13-12-18(21-17-11-7-10-16(13)17)20(24)22(3)14(2)19(23)15-8-5-4-6-9-15/h4-6,8-12,14,19,23H,7H2,1-3H3/t14-,19+/m0/s1. The first-order valence-electron chi connectivity index (χ1n) is 8.17. The summed E-state index contributed by atoms with van der Waals surface area (Å²) >= 11 is 0. The predicted molar refractivity (Wildman–Crippen MR) is 94.7 cm³/mol. The number of rotatable bonds is 4. The summed E-state index contributed by atoms with van der Waals surface area (Å²) in [5.41, 5.74) is 2.28. The Hall–Kier alpha value is -2.46. The molecule has 4 heteroatoms. The van der Waals surface area contributed by atoms with Crippen molar-refractivity contribution in [2.75, 3.05) is 7.05 Å². The Labute approximate surface area is 141 Å². The fraction of sp³-hybridized carbons (Fsp3) is 0.300. The van der Waals surface area contributed by atoms with Crippen LogP contribution in [-0.4, -0.2) is 34.0 Å². The number of likely N-dealkylation sites (N-methyl/N-ethyl adjacent to an activating group) is 1. The Balaban J connectivity index is 1.85. The van der Waals surface area contributed by atoms with E-state index >= 15 is 0 Å². The Morgan fingerprint density at radius 1 is 1.25 bits per heavy atom. The monoisotopic (exact) mass is 322 g/mol. The van der Waals surface area contributed by atoms with Crippen LogP contribution in [0.5, 0.6) is 0 Å². The second-order valence-corrected chi connectivity index (χ2v) is 6.28. The number of aryl methyl sites for hydroxylation is 1. The number of nitrogens with zero attached hydrogens (tertiary/aromatic N) is 2. The highest BCUT2D eigenvalue weighted by Crippen LogP contribution is 2.20. The third-order valence-corrected chi connectivity index (χ3v) is 4.68. The van der Waals surface area contributed by atoms with Crippen LogP contribution in [0.2, 0.25) is 0 Å². The molecule has 1 amide bonds. The van der Waals surface area contributed by atoms with Gasteiger partial charge in [0, 0.05) is 7.05 Å². The number of fused-ring (bicyclic) bond motifs is 1. The lowest BCUT2D eigenvalue weighted by Crippen LogP contribution is -2.41. The van der Waals surface area contributed by atoms with Gasteiger partial charge in [-0.25, -0.2) is 4.98 Å². The molecule has 0 aliphatic heterocycles. The molecule has 4 nitrogen and oxygen atoms in total. The number of carbonyl (C=O) groups is 1. The number of carbonyl (C=O) groups excluding carboxylic acids is 1. The van der Waals surface area contributed by atoms with Crippen molar-refractivity contribution >= 4 is 18.1 Å². The van der Waals surface area contributed by atoms with Crippen molar-refractivity contribution in [3.05, 3.63) is 63.8 Å². The zero-order chi connectivity index (χ0) is 17.3. The Kier molecular flexibility index (Phi) is 4.49. The van der Waals surface area contributed by atoms with Gasteiger partial charge < -0.3 is 10.0 Å². The molecule has 1 heterocycles. The first-order chi connectivity index (χ1) is 11.5. The smallest absolute Gasteiger partial charge is 0.272 e. The van der Waals surface area contributed by atoms with Crippen LogP contribution in [0.25, 0.3) is 12.2 Å². The Morgan fingerprint density at radius 3 is 2.67 bits per heavy atom. The van der Waals surface area contributed by atoms with Gasteiger partial charge in [-0.15, -0.1) is 0 Å². The highest BCUT2D eigenvalue weighted by Gasteiger charge is 2.25. The van der Waals surface area contributed by atoms with Crippen LogP contribution < -0.4 is 10.6 Å². The number of aromatic nitrogens is 1. The van der Waals surface area contributed by atoms with Gasteiger partial charge in [0.05, 0.1) is 17.5 Å². The highest BCUT2D eigenvalue weighted by molar-refractivity contribution is 5.92. The van der Waals surface area contributed by atoms with Crippen LogP contribution in [0.4, 0.5) is 0 Å². The van der Waals surface area contributed by atoms with Crippen LogP contribution in [-0.2, 0) is 0 Å². The number of aliphatic hydroxyl groups is 1. The summed E-state index contributed by atoms with van der Waals surface area (Å²) in [5.74, 6) is -0.177. The Morgan fingerprint density at radius 2 is 1.96 bits per heavy atom. The molecule has 0 bridgehead atoms. The highest BCUT2D eigenvalue weighted by atomic mass is 16.3. The SMILES string of the molecule is Cc1cc(C(=O)N(C)[C@@H](C)[C@@H](O)c2ccccc2)nc2c1=CCC=2. The number of hydrogen-bond donors (Lipinski definition) is 1. The number of benzene rings is 1. The van der Waals surface area contributed by atoms with Crippen molar-refractivity contribution in [2.45, 2.75) is 32.4 Å². The lowest BCUT2D eigenvalue weighted by atomic mass is 10.0. The third-order valence-electron chi connectivity index (χ3n) is 4.68. The fourth-order valence-electron chi connectivity index (χ4n) is 3.03. The summed E-state index contributed by atoms with van der Waals surface area (Å²) in [6.45, 7) is 3.84. The number of amides is 1. The van der Waals surface area contributed by atoms with Gasteiger partial charge in [-0.3, -0.25) is 4.79 Å². The fourth-order valence-corrected chi connectivity index (χ4v) is 3.03. The summed E-state index contributed by atoms with van der Waals surface area (Å²) in [7, 11) is 1.71. The molecular weight excluding hydrogens is 300 g/mol. The van der Waals surface area contributed by atoms with Crippen molar-refractivity contribution in [1.82, 2.24) is 9.88 Å². The maximum atomic E-state index is 12.8. The second kappa shape index (κ2) is 6.57. The molecule has 3 rings (SSSR count). The van der Waals surface area contributed by atoms with Gasteiger partial charge in [0.1, 0.15) is 5.69 Å². The topological polar surface area (TPSA) is 53.4 Å². The van der Waals surface area contributed by atoms with Crippen LogP contribution in [0.15, 0.2) is 36.4 Å². The zero-order valence-electron chi connectivity index (χ0n) is 14.2. The summed E-state index contributed by atoms with van der Waals surface area (Å²) in [4.78, 5) is 18.9. The van der Waals surface area contributed by atoms with Gasteiger partial charge in [-0.2, -0.15) is 0 Å². The van der Waals surface area contributed by atoms with E-state index in [0.717, 1.165) is 28.1 Å². The van der Waals surface area contributed by atoms with E-state index in [9.17, 15) is 9.90 Å². The summed E-state index contributed by atoms with van der Waals surface area (Å²) < 4.78 is 0. The predicted octanol–water partition coefficient (Wildman–Crippen LogP) is 1.55. The van der Waals surface area contributed by atoms with E-state index in [-0.39, 0.29) is 11.9 Å². The molecule has 0 unspecified atom stereocenters. The molecule has 0 spiro atoms. The molecule has 1 N–H and O–H groups in total. The lowest BCUT2D eigenvalue weighted by Gasteiger charge is -2.29. The second-order valence-electron chi connectivity index (χ2n) is 6.28. The normalized spacial score (nSPS) is 15.0. The van der Waals surface area contributed by atoms with Crippen molar-refractivity contribution in [3.8, 4) is 0 Å². The molecule has 1 aliphatic rings. The molecule has 0 saturated heterocycles. The zero-order valence-corrected chi connectivity index (χ0v) is 14.2. The number of pyridine rings is 1. The van der Waals surface area contributed by atoms with E-state index in [2.05, 4.69) is 11.1 Å². The molecule has 2 atom stereocenters. The lowest BCUT2D eigenvalue weighted by molar-refractivity contribution is 0.0482. The minimum absolute atomic E-state index is 0.177. The molecule has 0 radical (unpaired) electrons. The van der Waals surface area contributed by atoms with Gasteiger partial charge in [0.25, 0.3) is 5.91 Å². The maximum absolute atomic E-state index is 12.8. The largest absolute Gasteiger partial charge is 0.386 e. The van der Waals surface area contributed by atoms with Crippen molar-refractivity contribution in [2.24, 2.45) is 0 Å². The van der Waals surface area contributed by atoms with Gasteiger partial charge in [0.2, 0.25) is 0 Å². The first-order valence-corrected chi connectivity index (χ1v) is 8.17. The molecule has 0 fully saturated rings. The molecule has 0 saturated carbocycles. The molecule has 124 valence electrons. The minimum atomic E-state index is -0.740. The van der Waals surface area contributed by atoms with E-state index in [4.69, 9.17) is 0 Å². The van der Waals surface area contributed by atoms with Crippen LogP contribution in [0, 0.1) is 6.92 Å². The third kappa shape index (κ3) is 2.97. The van der Waals surface area contributed by atoms with Gasteiger partial charge in [-0.1, -0.05) is 42.5 Å². The van der Waals surface area contributed by atoms with E-state index in [1.165, 1.54) is 0 Å². The van der Waals surface area contributed by atoms with Crippen molar-refractivity contribution in [3.63, 3.8) is 0 Å². The average molecular weight is 322 g/mol. The van der Waals surface area contributed by atoms with E-state index in [0.29, 0.717) is 5.69 Å². The molecule has 2 aromatic rings. The van der Waals surface area contributed by atoms with Gasteiger partial charge in [0.15, 0.2) is 0 Å². The molecule has 1 aliphatic carbocycles. The molecule has 1 aromatic carbocycles. The molecule has 1 aromatic heterocycles. The number of aliphatic hydroxyl groups excluding tert-OH is 1. The molecular formula is C20H22N2O2. The van der Waals surface area contributed by atoms with E-state index < -0.39 is 6.10 Å². The average Bonchev–Trinajstić information content (AvgIpc) is 3.09. The van der Waals surface area contributed by atoms with Crippen LogP contribution >= 0.6 is 0 Å². The van der Waals surface area contributed by atoms with Crippen LogP contribution in [0.1, 0.15) is 41.1 Å². The maximum Gasteiger partial charge on any atom is 0.272 e. The number of hydrogen-bond acceptors (Lipinski definition) is 3. The van der Waals surface area contributed by atoms with Crippen LogP contribution in [0.3, 0.4) is 0 Å². The quantitative estimate of drug-likeness (QED) is 0.929. The summed E-state index contributed by atoms with van der Waals surface area (Å²) in [6.07, 6.45) is 4.27. The minimum Gasteiger partial charge on any atom is -0.386 e. The first kappa shape index (κ1) is 16.4. The van der Waals surface area contributed by atoms with Gasteiger partial charge >= 0.3 is 0 Å². The Bertz CT molecular complexity index is 875. The summed E-state index contributed by atoms with van der Waals surface area (Å²) in [6, 6.07) is 10.9. The van der Waals surface area contributed by atoms with Crippen molar-refractivity contribution in [1.29, 1.82) is 0 Å². The summed E-state index contributed by atoms with van der Waals surface area (Å²) in [5, 5.41) is 12.5. The van der Waals surface area contributed by atoms with Gasteiger partial charge in [-0.05, 0) is 42.7 Å².